The van der Waals surface area contributed by atoms with Gasteiger partial charge in [-0.2, -0.15) is 5.10 Å². The Kier molecular flexibility index (Phi) is 2.20. The average molecular weight is 181 g/mol. The Labute approximate surface area is 76.9 Å². The van der Waals surface area contributed by atoms with E-state index in [4.69, 9.17) is 11.5 Å². The molecule has 13 heavy (non-hydrogen) atoms. The molecule has 1 saturated heterocycles. The number of anilines is 1. The van der Waals surface area contributed by atoms with Crippen molar-refractivity contribution in [3.8, 4) is 0 Å². The Morgan fingerprint density at radius 1 is 1.54 bits per heavy atom. The molecule has 0 aliphatic carbocycles. The second-order valence-corrected chi connectivity index (χ2v) is 3.53. The number of nitrogens with zero attached hydrogens (tertiary/aromatic N) is 1. The highest BCUT2D eigenvalue weighted by atomic mass is 15.2. The number of nitrogen functional groups attached to an aromatic ring is 1. The number of nitrogens with two attached hydrogens (primary N) is 2. The maximum absolute atomic E-state index is 5.79. The Morgan fingerprint density at radius 3 is 3.00 bits per heavy atom. The number of nitrogens with one attached hydrogen (secondary N) is 2. The van der Waals surface area contributed by atoms with Crippen LogP contribution in [-0.2, 0) is 0 Å². The summed E-state index contributed by atoms with van der Waals surface area (Å²) in [7, 11) is 0. The smallest absolute Gasteiger partial charge is 0.145 e. The van der Waals surface area contributed by atoms with E-state index in [1.165, 1.54) is 0 Å². The van der Waals surface area contributed by atoms with Crippen LogP contribution in [0.15, 0.2) is 6.07 Å². The molecule has 0 amide bonds. The van der Waals surface area contributed by atoms with Crippen LogP contribution in [-0.4, -0.2) is 22.9 Å². The van der Waals surface area contributed by atoms with Gasteiger partial charge < -0.3 is 16.8 Å². The highest BCUT2D eigenvalue weighted by Gasteiger charge is 2.21. The minimum absolute atomic E-state index is 0.100. The summed E-state index contributed by atoms with van der Waals surface area (Å²) in [6.07, 6.45) is 2.14. The minimum Gasteiger partial charge on any atom is -0.382 e. The van der Waals surface area contributed by atoms with Gasteiger partial charge in [0.2, 0.25) is 0 Å². The molecule has 2 unspecified atom stereocenters. The van der Waals surface area contributed by atoms with Crippen LogP contribution in [0.3, 0.4) is 0 Å². The molecule has 6 N–H and O–H groups in total. The van der Waals surface area contributed by atoms with Gasteiger partial charge in [-0.3, -0.25) is 5.10 Å². The SMILES string of the molecule is Nc1cc(C2CCNC(N)C2)[nH]n1. The first-order valence-electron chi connectivity index (χ1n) is 4.55. The standard InChI is InChI=1S/C8H15N5/c9-7-3-5(1-2-11-7)6-4-8(10)13-12-6/h4-5,7,11H,1-3,9H2,(H3,10,12,13). The van der Waals surface area contributed by atoms with Crippen LogP contribution in [0.25, 0.3) is 0 Å². The zero-order chi connectivity index (χ0) is 9.26. The Bertz CT molecular complexity index is 282. The van der Waals surface area contributed by atoms with Crippen molar-refractivity contribution in [2.24, 2.45) is 5.73 Å². The molecule has 2 atom stereocenters. The van der Waals surface area contributed by atoms with E-state index < -0.39 is 0 Å². The summed E-state index contributed by atoms with van der Waals surface area (Å²) >= 11 is 0. The van der Waals surface area contributed by atoms with Gasteiger partial charge in [-0.15, -0.1) is 0 Å². The van der Waals surface area contributed by atoms with Crippen molar-refractivity contribution in [3.63, 3.8) is 0 Å². The highest BCUT2D eigenvalue weighted by Crippen LogP contribution is 2.25. The molecule has 1 aliphatic rings. The van der Waals surface area contributed by atoms with Crippen LogP contribution in [0.1, 0.15) is 24.5 Å². The van der Waals surface area contributed by atoms with Gasteiger partial charge in [0.15, 0.2) is 0 Å². The second kappa shape index (κ2) is 3.35. The quantitative estimate of drug-likeness (QED) is 0.480. The van der Waals surface area contributed by atoms with Crippen molar-refractivity contribution in [1.29, 1.82) is 0 Å². The van der Waals surface area contributed by atoms with E-state index in [9.17, 15) is 0 Å². The first-order chi connectivity index (χ1) is 6.25. The zero-order valence-electron chi connectivity index (χ0n) is 7.46. The molecule has 5 nitrogen and oxygen atoms in total. The van der Waals surface area contributed by atoms with E-state index in [-0.39, 0.29) is 6.17 Å². The Morgan fingerprint density at radius 2 is 2.38 bits per heavy atom. The number of H-pyrrole nitrogens is 1. The van der Waals surface area contributed by atoms with Gasteiger partial charge in [0.25, 0.3) is 0 Å². The predicted molar refractivity (Wildman–Crippen MR) is 51.0 cm³/mol. The van der Waals surface area contributed by atoms with Crippen molar-refractivity contribution in [2.45, 2.75) is 24.9 Å². The summed E-state index contributed by atoms with van der Waals surface area (Å²) in [5, 5.41) is 10.0. The van der Waals surface area contributed by atoms with Crippen LogP contribution in [0.2, 0.25) is 0 Å². The molecule has 0 spiro atoms. The minimum atomic E-state index is 0.100. The fourth-order valence-corrected chi connectivity index (χ4v) is 1.80. The lowest BCUT2D eigenvalue weighted by Crippen LogP contribution is -2.43. The molecular weight excluding hydrogens is 166 g/mol. The Balaban J connectivity index is 2.08. The molecule has 1 fully saturated rings. The summed E-state index contributed by atoms with van der Waals surface area (Å²) in [5.74, 6) is 1.03. The number of piperidine rings is 1. The molecule has 0 bridgehead atoms. The van der Waals surface area contributed by atoms with Crippen LogP contribution < -0.4 is 16.8 Å². The van der Waals surface area contributed by atoms with Crippen LogP contribution >= 0.6 is 0 Å². The van der Waals surface area contributed by atoms with E-state index in [0.29, 0.717) is 11.7 Å². The van der Waals surface area contributed by atoms with E-state index in [1.54, 1.807) is 0 Å². The lowest BCUT2D eigenvalue weighted by atomic mass is 9.93. The second-order valence-electron chi connectivity index (χ2n) is 3.53. The number of aromatic amines is 1. The molecule has 2 rings (SSSR count). The highest BCUT2D eigenvalue weighted by molar-refractivity contribution is 5.30. The number of hydrogen-bond acceptors (Lipinski definition) is 4. The average Bonchev–Trinajstić information content (AvgIpc) is 2.52. The zero-order valence-corrected chi connectivity index (χ0v) is 7.46. The summed E-state index contributed by atoms with van der Waals surface area (Å²) in [5.41, 5.74) is 12.4. The van der Waals surface area contributed by atoms with Crippen LogP contribution in [0, 0.1) is 0 Å². The molecule has 5 heteroatoms. The molecule has 1 aromatic rings. The van der Waals surface area contributed by atoms with Crippen molar-refractivity contribution in [3.05, 3.63) is 11.8 Å². The van der Waals surface area contributed by atoms with Gasteiger partial charge >= 0.3 is 0 Å². The third-order valence-electron chi connectivity index (χ3n) is 2.50. The topological polar surface area (TPSA) is 92.7 Å². The summed E-state index contributed by atoms with van der Waals surface area (Å²) in [6.45, 7) is 0.963. The van der Waals surface area contributed by atoms with Crippen molar-refractivity contribution in [1.82, 2.24) is 15.5 Å². The number of hydrogen-bond donors (Lipinski definition) is 4. The van der Waals surface area contributed by atoms with E-state index in [2.05, 4.69) is 15.5 Å². The summed E-state index contributed by atoms with van der Waals surface area (Å²) in [6, 6.07) is 1.89. The van der Waals surface area contributed by atoms with Gasteiger partial charge in [0.05, 0.1) is 6.17 Å². The normalized spacial score (nSPS) is 29.0. The summed E-state index contributed by atoms with van der Waals surface area (Å²) in [4.78, 5) is 0. The van der Waals surface area contributed by atoms with E-state index >= 15 is 0 Å². The lowest BCUT2D eigenvalue weighted by molar-refractivity contribution is 0.365. The van der Waals surface area contributed by atoms with E-state index in [0.717, 1.165) is 25.1 Å². The lowest BCUT2D eigenvalue weighted by Gasteiger charge is -2.26. The molecular formula is C8H15N5. The van der Waals surface area contributed by atoms with Crippen LogP contribution in [0.5, 0.6) is 0 Å². The van der Waals surface area contributed by atoms with Crippen molar-refractivity contribution >= 4 is 5.82 Å². The molecule has 1 aliphatic heterocycles. The number of aromatic nitrogens is 2. The van der Waals surface area contributed by atoms with E-state index in [1.807, 2.05) is 6.07 Å². The fourth-order valence-electron chi connectivity index (χ4n) is 1.80. The molecule has 0 saturated carbocycles. The largest absolute Gasteiger partial charge is 0.382 e. The monoisotopic (exact) mass is 181 g/mol. The molecule has 0 radical (unpaired) electrons. The third kappa shape index (κ3) is 1.81. The third-order valence-corrected chi connectivity index (χ3v) is 2.50. The van der Waals surface area contributed by atoms with Crippen LogP contribution in [0.4, 0.5) is 5.82 Å². The van der Waals surface area contributed by atoms with Gasteiger partial charge in [-0.05, 0) is 19.4 Å². The molecule has 72 valence electrons. The predicted octanol–water partition coefficient (Wildman–Crippen LogP) is -0.256. The first kappa shape index (κ1) is 8.52. The fraction of sp³-hybridized carbons (Fsp3) is 0.625. The van der Waals surface area contributed by atoms with Gasteiger partial charge in [-0.1, -0.05) is 0 Å². The van der Waals surface area contributed by atoms with Gasteiger partial charge in [-0.25, -0.2) is 0 Å². The van der Waals surface area contributed by atoms with Gasteiger partial charge in [0, 0.05) is 17.7 Å². The van der Waals surface area contributed by atoms with Crippen molar-refractivity contribution < 1.29 is 0 Å². The molecule has 1 aromatic heterocycles. The van der Waals surface area contributed by atoms with Gasteiger partial charge in [0.1, 0.15) is 5.82 Å². The molecule has 0 aromatic carbocycles. The maximum atomic E-state index is 5.79. The maximum Gasteiger partial charge on any atom is 0.145 e. The first-order valence-corrected chi connectivity index (χ1v) is 4.55. The molecule has 2 heterocycles. The van der Waals surface area contributed by atoms with Crippen molar-refractivity contribution in [2.75, 3.05) is 12.3 Å². The Hall–Kier alpha value is -1.07. The number of rotatable bonds is 1. The summed E-state index contributed by atoms with van der Waals surface area (Å²) < 4.78 is 0.